The molecule has 1 aromatic heterocycles. The third-order valence-electron chi connectivity index (χ3n) is 5.74. The molecule has 1 heterocycles. The quantitative estimate of drug-likeness (QED) is 0.422. The lowest BCUT2D eigenvalue weighted by Gasteiger charge is -2.29. The Hall–Kier alpha value is -1.45. The Morgan fingerprint density at radius 3 is 2.20 bits per heavy atom. The summed E-state index contributed by atoms with van der Waals surface area (Å²) in [5.74, 6) is 0. The maximum Gasteiger partial charge on any atom is 0.0998 e. The SMILES string of the molecule is CC[Si](CC)(CC)CCCC(OCc1ccccc1)c1ccccn1. The fraction of sp³-hybridized carbons (Fsp3) is 0.500. The predicted molar refractivity (Wildman–Crippen MR) is 109 cm³/mol. The van der Waals surface area contributed by atoms with E-state index in [0.29, 0.717) is 6.61 Å². The van der Waals surface area contributed by atoms with E-state index in [-0.39, 0.29) is 6.10 Å². The predicted octanol–water partition coefficient (Wildman–Crippen LogP) is 6.63. The third kappa shape index (κ3) is 6.09. The second kappa shape index (κ2) is 10.5. The zero-order chi connectivity index (χ0) is 18.0. The molecule has 0 radical (unpaired) electrons. The average Bonchev–Trinajstić information content (AvgIpc) is 2.69. The molecule has 136 valence electrons. The highest BCUT2D eigenvalue weighted by atomic mass is 28.3. The first-order valence-electron chi connectivity index (χ1n) is 9.79. The number of aromatic nitrogens is 1. The van der Waals surface area contributed by atoms with Crippen LogP contribution in [0.25, 0.3) is 0 Å². The number of pyridine rings is 1. The Morgan fingerprint density at radius 2 is 1.60 bits per heavy atom. The minimum Gasteiger partial charge on any atom is -0.367 e. The zero-order valence-electron chi connectivity index (χ0n) is 16.1. The summed E-state index contributed by atoms with van der Waals surface area (Å²) >= 11 is 0. The van der Waals surface area contributed by atoms with Gasteiger partial charge < -0.3 is 4.74 Å². The Bertz CT molecular complexity index is 575. The molecule has 1 atom stereocenters. The number of ether oxygens (including phenoxy) is 1. The van der Waals surface area contributed by atoms with Gasteiger partial charge in [-0.3, -0.25) is 4.98 Å². The van der Waals surface area contributed by atoms with Crippen molar-refractivity contribution >= 4 is 8.07 Å². The molecule has 2 aromatic rings. The molecule has 0 amide bonds. The summed E-state index contributed by atoms with van der Waals surface area (Å²) in [6.07, 6.45) is 4.28. The molecule has 0 bridgehead atoms. The lowest BCUT2D eigenvalue weighted by atomic mass is 10.1. The fourth-order valence-corrected chi connectivity index (χ4v) is 7.11. The van der Waals surface area contributed by atoms with Gasteiger partial charge in [-0.25, -0.2) is 0 Å². The van der Waals surface area contributed by atoms with Crippen molar-refractivity contribution in [1.29, 1.82) is 0 Å². The first kappa shape index (κ1) is 19.9. The van der Waals surface area contributed by atoms with Crippen LogP contribution in [0.15, 0.2) is 54.7 Å². The number of benzene rings is 1. The molecule has 25 heavy (non-hydrogen) atoms. The van der Waals surface area contributed by atoms with E-state index in [0.717, 1.165) is 12.1 Å². The maximum absolute atomic E-state index is 6.28. The van der Waals surface area contributed by atoms with Gasteiger partial charge in [0.25, 0.3) is 0 Å². The van der Waals surface area contributed by atoms with Crippen LogP contribution in [-0.4, -0.2) is 13.1 Å². The van der Waals surface area contributed by atoms with Gasteiger partial charge in [0.1, 0.15) is 0 Å². The number of rotatable bonds is 11. The summed E-state index contributed by atoms with van der Waals surface area (Å²) in [6.45, 7) is 7.82. The number of hydrogen-bond acceptors (Lipinski definition) is 2. The van der Waals surface area contributed by atoms with E-state index < -0.39 is 8.07 Å². The molecule has 0 N–H and O–H groups in total. The molecule has 0 saturated carbocycles. The van der Waals surface area contributed by atoms with Gasteiger partial charge in [0.2, 0.25) is 0 Å². The molecule has 0 aliphatic heterocycles. The highest BCUT2D eigenvalue weighted by Crippen LogP contribution is 2.30. The van der Waals surface area contributed by atoms with Crippen molar-refractivity contribution in [1.82, 2.24) is 4.98 Å². The van der Waals surface area contributed by atoms with Crippen LogP contribution < -0.4 is 0 Å². The van der Waals surface area contributed by atoms with E-state index in [1.165, 1.54) is 36.2 Å². The summed E-state index contributed by atoms with van der Waals surface area (Å²) in [7, 11) is -1.05. The van der Waals surface area contributed by atoms with Gasteiger partial charge >= 0.3 is 0 Å². The highest BCUT2D eigenvalue weighted by molar-refractivity contribution is 6.79. The van der Waals surface area contributed by atoms with Crippen LogP contribution in [0.5, 0.6) is 0 Å². The van der Waals surface area contributed by atoms with Gasteiger partial charge in [-0.05, 0) is 24.1 Å². The van der Waals surface area contributed by atoms with Crippen LogP contribution in [0.4, 0.5) is 0 Å². The molecule has 1 unspecified atom stereocenters. The Labute approximate surface area is 154 Å². The molecule has 0 spiro atoms. The minimum atomic E-state index is -1.05. The van der Waals surface area contributed by atoms with E-state index in [1.807, 2.05) is 18.3 Å². The van der Waals surface area contributed by atoms with Gasteiger partial charge in [0, 0.05) is 6.20 Å². The summed E-state index contributed by atoms with van der Waals surface area (Å²) < 4.78 is 6.28. The van der Waals surface area contributed by atoms with Crippen molar-refractivity contribution in [3.8, 4) is 0 Å². The molecule has 3 heteroatoms. The van der Waals surface area contributed by atoms with Crippen LogP contribution >= 0.6 is 0 Å². The first-order valence-corrected chi connectivity index (χ1v) is 12.6. The first-order chi connectivity index (χ1) is 12.2. The Kier molecular flexibility index (Phi) is 8.36. The Balaban J connectivity index is 1.97. The molecular weight excluding hydrogens is 322 g/mol. The molecule has 0 saturated heterocycles. The zero-order valence-corrected chi connectivity index (χ0v) is 17.1. The van der Waals surface area contributed by atoms with Gasteiger partial charge in [0.05, 0.1) is 26.5 Å². The minimum absolute atomic E-state index is 0.0960. The molecular formula is C22H33NOSi. The number of hydrogen-bond donors (Lipinski definition) is 0. The van der Waals surface area contributed by atoms with Crippen LogP contribution in [0.3, 0.4) is 0 Å². The van der Waals surface area contributed by atoms with Gasteiger partial charge in [-0.1, -0.05) is 87.8 Å². The average molecular weight is 356 g/mol. The molecule has 0 aliphatic carbocycles. The lowest BCUT2D eigenvalue weighted by Crippen LogP contribution is -2.30. The van der Waals surface area contributed by atoms with Crippen LogP contribution in [-0.2, 0) is 11.3 Å². The monoisotopic (exact) mass is 355 g/mol. The lowest BCUT2D eigenvalue weighted by molar-refractivity contribution is 0.0305. The normalized spacial score (nSPS) is 12.9. The summed E-state index contributed by atoms with van der Waals surface area (Å²) in [5.41, 5.74) is 2.29. The van der Waals surface area contributed by atoms with Gasteiger partial charge in [-0.2, -0.15) is 0 Å². The van der Waals surface area contributed by atoms with Crippen LogP contribution in [0, 0.1) is 0 Å². The Morgan fingerprint density at radius 1 is 0.920 bits per heavy atom. The fourth-order valence-electron chi connectivity index (χ4n) is 3.60. The van der Waals surface area contributed by atoms with Crippen molar-refractivity contribution in [3.63, 3.8) is 0 Å². The highest BCUT2D eigenvalue weighted by Gasteiger charge is 2.26. The van der Waals surface area contributed by atoms with Crippen LogP contribution in [0.2, 0.25) is 24.2 Å². The molecule has 2 nitrogen and oxygen atoms in total. The topological polar surface area (TPSA) is 22.1 Å². The van der Waals surface area contributed by atoms with Gasteiger partial charge in [-0.15, -0.1) is 0 Å². The second-order valence-electron chi connectivity index (χ2n) is 6.99. The van der Waals surface area contributed by atoms with Crippen molar-refractivity contribution in [2.75, 3.05) is 0 Å². The van der Waals surface area contributed by atoms with E-state index in [2.05, 4.69) is 62.2 Å². The largest absolute Gasteiger partial charge is 0.367 e. The van der Waals surface area contributed by atoms with Gasteiger partial charge in [0.15, 0.2) is 0 Å². The van der Waals surface area contributed by atoms with Crippen molar-refractivity contribution < 1.29 is 4.74 Å². The van der Waals surface area contributed by atoms with E-state index >= 15 is 0 Å². The van der Waals surface area contributed by atoms with E-state index in [4.69, 9.17) is 4.74 Å². The van der Waals surface area contributed by atoms with E-state index in [1.54, 1.807) is 0 Å². The molecule has 0 aliphatic rings. The smallest absolute Gasteiger partial charge is 0.0998 e. The number of nitrogens with zero attached hydrogens (tertiary/aromatic N) is 1. The summed E-state index contributed by atoms with van der Waals surface area (Å²) in [6, 6.07) is 22.2. The third-order valence-corrected chi connectivity index (χ3v) is 11.6. The molecule has 0 fully saturated rings. The summed E-state index contributed by atoms with van der Waals surface area (Å²) in [5, 5.41) is 0. The van der Waals surface area contributed by atoms with Crippen molar-refractivity contribution in [2.24, 2.45) is 0 Å². The van der Waals surface area contributed by atoms with E-state index in [9.17, 15) is 0 Å². The molecule has 2 rings (SSSR count). The van der Waals surface area contributed by atoms with Crippen LogP contribution in [0.1, 0.15) is 51.0 Å². The van der Waals surface area contributed by atoms with Crippen molar-refractivity contribution in [2.45, 2.75) is 70.5 Å². The molecule has 1 aromatic carbocycles. The van der Waals surface area contributed by atoms with Crippen molar-refractivity contribution in [3.05, 3.63) is 66.0 Å². The summed E-state index contributed by atoms with van der Waals surface area (Å²) in [4.78, 5) is 4.55. The second-order valence-corrected chi connectivity index (χ2v) is 12.6. The maximum atomic E-state index is 6.28. The standard InChI is InChI=1S/C22H33NOSi/c1-4-25(5-2,6-3)18-12-16-22(21-15-10-11-17-23-21)24-19-20-13-8-7-9-14-20/h7-11,13-15,17,22H,4-6,12,16,18-19H2,1-3H3.